The zero-order chi connectivity index (χ0) is 17.3. The van der Waals surface area contributed by atoms with E-state index < -0.39 is 11.7 Å². The van der Waals surface area contributed by atoms with E-state index in [2.05, 4.69) is 26.7 Å². The van der Waals surface area contributed by atoms with Gasteiger partial charge in [-0.15, -0.1) is 0 Å². The summed E-state index contributed by atoms with van der Waals surface area (Å²) < 4.78 is 38.5. The Morgan fingerprint density at radius 2 is 2.04 bits per heavy atom. The Morgan fingerprint density at radius 1 is 1.29 bits per heavy atom. The fourth-order valence-electron chi connectivity index (χ4n) is 2.45. The second-order valence-electron chi connectivity index (χ2n) is 5.52. The van der Waals surface area contributed by atoms with E-state index >= 15 is 0 Å². The highest BCUT2D eigenvalue weighted by molar-refractivity contribution is 5.60. The maximum Gasteiger partial charge on any atom is 0.421 e. The normalized spacial score (nSPS) is 14.1. The minimum atomic E-state index is -4.53. The molecule has 2 N–H and O–H groups in total. The number of nitriles is 1. The first-order chi connectivity index (χ1) is 11.4. The number of hydrogen-bond acceptors (Lipinski definition) is 5. The van der Waals surface area contributed by atoms with Gasteiger partial charge in [-0.1, -0.05) is 6.07 Å². The van der Waals surface area contributed by atoms with Crippen LogP contribution in [0.4, 0.5) is 30.6 Å². The van der Waals surface area contributed by atoms with Gasteiger partial charge in [0, 0.05) is 18.9 Å². The van der Waals surface area contributed by atoms with Crippen molar-refractivity contribution < 1.29 is 13.2 Å². The lowest BCUT2D eigenvalue weighted by molar-refractivity contribution is -0.137. The zero-order valence-corrected chi connectivity index (χ0v) is 12.8. The summed E-state index contributed by atoms with van der Waals surface area (Å²) in [4.78, 5) is 7.55. The van der Waals surface area contributed by atoms with Gasteiger partial charge in [-0.25, -0.2) is 4.98 Å². The molecule has 5 nitrogen and oxygen atoms in total. The van der Waals surface area contributed by atoms with Crippen LogP contribution in [0.15, 0.2) is 24.4 Å². The summed E-state index contributed by atoms with van der Waals surface area (Å²) in [5, 5.41) is 14.5. The molecule has 2 aromatic rings. The molecule has 0 unspecified atom stereocenters. The molecular weight excluding hydrogens is 319 g/mol. The summed E-state index contributed by atoms with van der Waals surface area (Å²) >= 11 is 0. The molecule has 0 saturated heterocycles. The molecule has 124 valence electrons. The standard InChI is InChI=1S/C16H14F3N5/c1-21-14-13(16(17,18)19)8-22-15(24-14)23-11-4-5-12(9-2-3-9)10(6-11)7-20/h4-6,8-9H,2-3H2,1H3,(H2,21,22,23,24). The largest absolute Gasteiger partial charge is 0.421 e. The second-order valence-corrected chi connectivity index (χ2v) is 5.52. The van der Waals surface area contributed by atoms with Gasteiger partial charge < -0.3 is 10.6 Å². The van der Waals surface area contributed by atoms with Crippen LogP contribution in [-0.4, -0.2) is 17.0 Å². The number of nitrogens with one attached hydrogen (secondary N) is 2. The molecule has 1 saturated carbocycles. The third-order valence-electron chi connectivity index (χ3n) is 3.78. The molecule has 0 amide bonds. The first-order valence-corrected chi connectivity index (χ1v) is 7.35. The topological polar surface area (TPSA) is 73.6 Å². The van der Waals surface area contributed by atoms with Crippen molar-refractivity contribution in [3.8, 4) is 6.07 Å². The summed E-state index contributed by atoms with van der Waals surface area (Å²) in [6.07, 6.45) is -1.65. The van der Waals surface area contributed by atoms with Gasteiger partial charge in [0.05, 0.1) is 11.6 Å². The third-order valence-corrected chi connectivity index (χ3v) is 3.78. The van der Waals surface area contributed by atoms with Gasteiger partial charge in [0.1, 0.15) is 11.4 Å². The van der Waals surface area contributed by atoms with Gasteiger partial charge in [0.25, 0.3) is 0 Å². The van der Waals surface area contributed by atoms with Crippen LogP contribution in [-0.2, 0) is 6.18 Å². The molecule has 1 aliphatic rings. The predicted molar refractivity (Wildman–Crippen MR) is 83.0 cm³/mol. The molecule has 8 heteroatoms. The molecule has 0 spiro atoms. The molecule has 0 aliphatic heterocycles. The van der Waals surface area contributed by atoms with Crippen LogP contribution in [0.25, 0.3) is 0 Å². The molecule has 0 radical (unpaired) electrons. The first kappa shape index (κ1) is 16.1. The van der Waals surface area contributed by atoms with Crippen molar-refractivity contribution in [2.75, 3.05) is 17.7 Å². The Balaban J connectivity index is 1.87. The minimum Gasteiger partial charge on any atom is -0.372 e. The zero-order valence-electron chi connectivity index (χ0n) is 12.8. The minimum absolute atomic E-state index is 0.0235. The van der Waals surface area contributed by atoms with Crippen LogP contribution in [0.3, 0.4) is 0 Å². The lowest BCUT2D eigenvalue weighted by atomic mass is 10.0. The summed E-state index contributed by atoms with van der Waals surface area (Å²) in [6, 6.07) is 7.45. The fourth-order valence-corrected chi connectivity index (χ4v) is 2.45. The number of benzene rings is 1. The van der Waals surface area contributed by atoms with Crippen molar-refractivity contribution in [1.29, 1.82) is 5.26 Å². The second kappa shape index (κ2) is 6.00. The molecule has 0 bridgehead atoms. The smallest absolute Gasteiger partial charge is 0.372 e. The van der Waals surface area contributed by atoms with Crippen LogP contribution in [0.5, 0.6) is 0 Å². The van der Waals surface area contributed by atoms with Gasteiger partial charge in [0.15, 0.2) is 0 Å². The van der Waals surface area contributed by atoms with Gasteiger partial charge in [-0.2, -0.15) is 23.4 Å². The average molecular weight is 333 g/mol. The van der Waals surface area contributed by atoms with E-state index in [1.807, 2.05) is 6.07 Å². The highest BCUT2D eigenvalue weighted by atomic mass is 19.4. The van der Waals surface area contributed by atoms with E-state index in [9.17, 15) is 18.4 Å². The number of anilines is 3. The fraction of sp³-hybridized carbons (Fsp3) is 0.312. The van der Waals surface area contributed by atoms with E-state index in [1.54, 1.807) is 12.1 Å². The van der Waals surface area contributed by atoms with Crippen LogP contribution in [0.2, 0.25) is 0 Å². The van der Waals surface area contributed by atoms with Crippen molar-refractivity contribution in [2.24, 2.45) is 0 Å². The van der Waals surface area contributed by atoms with Crippen molar-refractivity contribution in [1.82, 2.24) is 9.97 Å². The number of hydrogen-bond donors (Lipinski definition) is 2. The van der Waals surface area contributed by atoms with E-state index in [1.165, 1.54) is 7.05 Å². The quantitative estimate of drug-likeness (QED) is 0.884. The molecule has 24 heavy (non-hydrogen) atoms. The Bertz CT molecular complexity index is 806. The summed E-state index contributed by atoms with van der Waals surface area (Å²) in [7, 11) is 1.36. The number of aromatic nitrogens is 2. The Hall–Kier alpha value is -2.82. The lowest BCUT2D eigenvalue weighted by Gasteiger charge is -2.13. The molecule has 1 heterocycles. The van der Waals surface area contributed by atoms with E-state index in [0.29, 0.717) is 17.2 Å². The SMILES string of the molecule is CNc1nc(Nc2ccc(C3CC3)c(C#N)c2)ncc1C(F)(F)F. The highest BCUT2D eigenvalue weighted by Crippen LogP contribution is 2.42. The molecular formula is C16H14F3N5. The predicted octanol–water partition coefficient (Wildman–Crippen LogP) is 4.03. The van der Waals surface area contributed by atoms with Crippen molar-refractivity contribution in [3.63, 3.8) is 0 Å². The van der Waals surface area contributed by atoms with Crippen LogP contribution in [0.1, 0.15) is 35.4 Å². The van der Waals surface area contributed by atoms with Gasteiger partial charge in [0.2, 0.25) is 5.95 Å². The van der Waals surface area contributed by atoms with Crippen LogP contribution >= 0.6 is 0 Å². The summed E-state index contributed by atoms with van der Waals surface area (Å²) in [5.74, 6) is 0.150. The van der Waals surface area contributed by atoms with Gasteiger partial charge >= 0.3 is 6.18 Å². The number of rotatable bonds is 4. The number of alkyl halides is 3. The molecule has 1 aliphatic carbocycles. The van der Waals surface area contributed by atoms with Gasteiger partial charge in [-0.05, 0) is 36.5 Å². The van der Waals surface area contributed by atoms with E-state index in [-0.39, 0.29) is 11.8 Å². The van der Waals surface area contributed by atoms with E-state index in [4.69, 9.17) is 0 Å². The monoisotopic (exact) mass is 333 g/mol. The van der Waals surface area contributed by atoms with Crippen molar-refractivity contribution >= 4 is 17.5 Å². The Morgan fingerprint density at radius 3 is 2.62 bits per heavy atom. The number of nitrogens with zero attached hydrogens (tertiary/aromatic N) is 3. The van der Waals surface area contributed by atoms with Crippen molar-refractivity contribution in [2.45, 2.75) is 24.9 Å². The first-order valence-electron chi connectivity index (χ1n) is 7.35. The molecule has 3 rings (SSSR count). The maximum absolute atomic E-state index is 12.8. The van der Waals surface area contributed by atoms with Crippen LogP contribution in [0, 0.1) is 11.3 Å². The van der Waals surface area contributed by atoms with E-state index in [0.717, 1.165) is 24.6 Å². The average Bonchev–Trinajstić information content (AvgIpc) is 3.38. The summed E-state index contributed by atoms with van der Waals surface area (Å²) in [6.45, 7) is 0. The summed E-state index contributed by atoms with van der Waals surface area (Å²) in [5.41, 5.74) is 1.19. The molecule has 1 aromatic heterocycles. The molecule has 1 aromatic carbocycles. The van der Waals surface area contributed by atoms with Gasteiger partial charge in [-0.3, -0.25) is 0 Å². The lowest BCUT2D eigenvalue weighted by Crippen LogP contribution is -2.12. The van der Waals surface area contributed by atoms with Crippen molar-refractivity contribution in [3.05, 3.63) is 41.1 Å². The van der Waals surface area contributed by atoms with Crippen LogP contribution < -0.4 is 10.6 Å². The third kappa shape index (κ3) is 3.25. The maximum atomic E-state index is 12.8. The molecule has 1 fully saturated rings. The Kier molecular flexibility index (Phi) is 4.01. The number of halogens is 3. The highest BCUT2D eigenvalue weighted by Gasteiger charge is 2.35. The Labute approximate surface area is 136 Å². The molecule has 0 atom stereocenters.